The first kappa shape index (κ1) is 18.9. The van der Waals surface area contributed by atoms with Gasteiger partial charge in [0.2, 0.25) is 0 Å². The van der Waals surface area contributed by atoms with Crippen LogP contribution < -0.4 is 0 Å². The van der Waals surface area contributed by atoms with Gasteiger partial charge in [-0.2, -0.15) is 0 Å². The van der Waals surface area contributed by atoms with Crippen LogP contribution in [0.3, 0.4) is 0 Å². The van der Waals surface area contributed by atoms with Crippen LogP contribution in [-0.2, 0) is 4.43 Å². The lowest BCUT2D eigenvalue weighted by molar-refractivity contribution is 0.172. The second kappa shape index (κ2) is 8.13. The highest BCUT2D eigenvalue weighted by molar-refractivity contribution is 8.17. The standard InChI is InChI=1S/C18H34OS2Si/c1-18(2,3)22(4,5)19-14-16-10-7-6-9-15(16)13-17-20-11-8-12-21-17/h6-7,15-17H,8-14H2,1-5H3/t15-,16-/m1/s1. The molecule has 1 nitrogen and oxygen atoms in total. The van der Waals surface area contributed by atoms with E-state index < -0.39 is 8.32 Å². The van der Waals surface area contributed by atoms with E-state index in [1.807, 2.05) is 0 Å². The average Bonchev–Trinajstić information content (AvgIpc) is 2.46. The van der Waals surface area contributed by atoms with Gasteiger partial charge in [-0.15, -0.1) is 23.5 Å². The molecule has 0 aromatic carbocycles. The predicted molar refractivity (Wildman–Crippen MR) is 106 cm³/mol. The topological polar surface area (TPSA) is 9.23 Å². The van der Waals surface area contributed by atoms with Crippen LogP contribution >= 0.6 is 23.5 Å². The molecule has 22 heavy (non-hydrogen) atoms. The van der Waals surface area contributed by atoms with Gasteiger partial charge in [-0.3, -0.25) is 0 Å². The van der Waals surface area contributed by atoms with Crippen LogP contribution in [0.1, 0.15) is 46.5 Å². The maximum Gasteiger partial charge on any atom is 0.191 e. The molecule has 1 aliphatic carbocycles. The minimum atomic E-state index is -1.61. The van der Waals surface area contributed by atoms with Gasteiger partial charge in [0.05, 0.1) is 4.58 Å². The minimum Gasteiger partial charge on any atom is -0.417 e. The Morgan fingerprint density at radius 1 is 1.05 bits per heavy atom. The number of hydrogen-bond donors (Lipinski definition) is 0. The van der Waals surface area contributed by atoms with Gasteiger partial charge in [-0.05, 0) is 67.2 Å². The van der Waals surface area contributed by atoms with E-state index in [2.05, 4.69) is 69.5 Å². The molecule has 0 saturated carbocycles. The molecule has 4 heteroatoms. The first-order chi connectivity index (χ1) is 10.3. The summed E-state index contributed by atoms with van der Waals surface area (Å²) in [6, 6.07) is 0. The van der Waals surface area contributed by atoms with Crippen molar-refractivity contribution in [3.63, 3.8) is 0 Å². The Morgan fingerprint density at radius 2 is 1.64 bits per heavy atom. The Labute approximate surface area is 147 Å². The molecule has 0 N–H and O–H groups in total. The van der Waals surface area contributed by atoms with E-state index in [1.165, 1.54) is 37.2 Å². The maximum atomic E-state index is 6.54. The minimum absolute atomic E-state index is 0.322. The van der Waals surface area contributed by atoms with Crippen molar-refractivity contribution in [2.24, 2.45) is 11.8 Å². The molecule has 128 valence electrons. The average molecular weight is 359 g/mol. The Hall–Kier alpha value is 0.617. The third-order valence-electron chi connectivity index (χ3n) is 5.57. The molecule has 0 amide bonds. The molecule has 0 radical (unpaired) electrons. The van der Waals surface area contributed by atoms with Crippen molar-refractivity contribution in [3.05, 3.63) is 12.2 Å². The Kier molecular flexibility index (Phi) is 7.00. The molecule has 0 bridgehead atoms. The van der Waals surface area contributed by atoms with Crippen LogP contribution in [0.4, 0.5) is 0 Å². The van der Waals surface area contributed by atoms with Crippen molar-refractivity contribution in [1.82, 2.24) is 0 Å². The van der Waals surface area contributed by atoms with Gasteiger partial charge in [-0.25, -0.2) is 0 Å². The van der Waals surface area contributed by atoms with Crippen LogP contribution in [0.25, 0.3) is 0 Å². The lowest BCUT2D eigenvalue weighted by atomic mass is 9.82. The molecule has 2 aliphatic rings. The number of thioether (sulfide) groups is 2. The van der Waals surface area contributed by atoms with Crippen LogP contribution in [0, 0.1) is 11.8 Å². The summed E-state index contributed by atoms with van der Waals surface area (Å²) in [6.07, 6.45) is 10.1. The normalized spacial score (nSPS) is 28.0. The third kappa shape index (κ3) is 5.32. The molecule has 0 aromatic rings. The molecule has 1 aliphatic heterocycles. The highest BCUT2D eigenvalue weighted by atomic mass is 32.2. The lowest BCUT2D eigenvalue weighted by Gasteiger charge is -2.39. The molecule has 0 unspecified atom stereocenters. The molecule has 2 rings (SSSR count). The molecule has 2 atom stereocenters. The SMILES string of the molecule is CC(C)(C)[Si](C)(C)OC[C@H]1CC=CC[C@@H]1CC1SCCCS1. The third-order valence-corrected chi connectivity index (χ3v) is 13.1. The van der Waals surface area contributed by atoms with Crippen molar-refractivity contribution in [3.8, 4) is 0 Å². The van der Waals surface area contributed by atoms with E-state index in [4.69, 9.17) is 4.43 Å². The first-order valence-electron chi connectivity index (χ1n) is 8.82. The van der Waals surface area contributed by atoms with E-state index in [0.29, 0.717) is 5.04 Å². The molecule has 1 fully saturated rings. The maximum absolute atomic E-state index is 6.54. The fourth-order valence-electron chi connectivity index (χ4n) is 2.87. The van der Waals surface area contributed by atoms with Crippen LogP contribution in [0.15, 0.2) is 12.2 Å². The molecule has 0 spiro atoms. The molecule has 1 heterocycles. The van der Waals surface area contributed by atoms with Crippen molar-refractivity contribution in [2.75, 3.05) is 18.1 Å². The Bertz CT molecular complexity index is 370. The second-order valence-corrected chi connectivity index (χ2v) is 16.0. The number of allylic oxidation sites excluding steroid dienone is 2. The Balaban J connectivity index is 1.88. The molecular weight excluding hydrogens is 324 g/mol. The fraction of sp³-hybridized carbons (Fsp3) is 0.889. The highest BCUT2D eigenvalue weighted by Crippen LogP contribution is 2.41. The van der Waals surface area contributed by atoms with E-state index in [0.717, 1.165) is 23.0 Å². The molecule has 1 saturated heterocycles. The number of rotatable bonds is 5. The van der Waals surface area contributed by atoms with E-state index in [-0.39, 0.29) is 0 Å². The van der Waals surface area contributed by atoms with Crippen molar-refractivity contribution >= 4 is 31.8 Å². The van der Waals surface area contributed by atoms with Gasteiger partial charge in [0.15, 0.2) is 8.32 Å². The summed E-state index contributed by atoms with van der Waals surface area (Å²) in [6.45, 7) is 12.8. The quantitative estimate of drug-likeness (QED) is 0.429. The zero-order chi connectivity index (χ0) is 16.2. The summed E-state index contributed by atoms with van der Waals surface area (Å²) < 4.78 is 7.38. The van der Waals surface area contributed by atoms with Crippen molar-refractivity contribution in [1.29, 1.82) is 0 Å². The monoisotopic (exact) mass is 358 g/mol. The predicted octanol–water partition coefficient (Wildman–Crippen LogP) is 6.18. The zero-order valence-electron chi connectivity index (χ0n) is 15.1. The first-order valence-corrected chi connectivity index (χ1v) is 13.8. The van der Waals surface area contributed by atoms with Gasteiger partial charge in [0, 0.05) is 6.61 Å². The summed E-state index contributed by atoms with van der Waals surface area (Å²) >= 11 is 4.39. The summed E-state index contributed by atoms with van der Waals surface area (Å²) in [5.74, 6) is 4.30. The summed E-state index contributed by atoms with van der Waals surface area (Å²) in [5, 5.41) is 0.322. The van der Waals surface area contributed by atoms with E-state index in [1.54, 1.807) is 0 Å². The van der Waals surface area contributed by atoms with Crippen molar-refractivity contribution in [2.45, 2.75) is 69.2 Å². The van der Waals surface area contributed by atoms with Crippen LogP contribution in [0.2, 0.25) is 18.1 Å². The smallest absolute Gasteiger partial charge is 0.191 e. The highest BCUT2D eigenvalue weighted by Gasteiger charge is 2.38. The summed E-state index contributed by atoms with van der Waals surface area (Å²) in [5.41, 5.74) is 0. The molecular formula is C18H34OS2Si. The second-order valence-electron chi connectivity index (χ2n) is 8.29. The van der Waals surface area contributed by atoms with Gasteiger partial charge in [0.1, 0.15) is 0 Å². The van der Waals surface area contributed by atoms with Gasteiger partial charge in [-0.1, -0.05) is 32.9 Å². The van der Waals surface area contributed by atoms with Gasteiger partial charge < -0.3 is 4.43 Å². The fourth-order valence-corrected chi connectivity index (χ4v) is 6.99. The largest absolute Gasteiger partial charge is 0.417 e. The van der Waals surface area contributed by atoms with Gasteiger partial charge >= 0.3 is 0 Å². The van der Waals surface area contributed by atoms with E-state index >= 15 is 0 Å². The van der Waals surface area contributed by atoms with Gasteiger partial charge in [0.25, 0.3) is 0 Å². The summed E-state index contributed by atoms with van der Waals surface area (Å²) in [4.78, 5) is 0. The van der Waals surface area contributed by atoms with Crippen molar-refractivity contribution < 1.29 is 4.43 Å². The van der Waals surface area contributed by atoms with E-state index in [9.17, 15) is 0 Å². The van der Waals surface area contributed by atoms with Crippen LogP contribution in [0.5, 0.6) is 0 Å². The molecule has 0 aromatic heterocycles. The van der Waals surface area contributed by atoms with Crippen LogP contribution in [-0.4, -0.2) is 31.0 Å². The summed E-state index contributed by atoms with van der Waals surface area (Å²) in [7, 11) is -1.61. The lowest BCUT2D eigenvalue weighted by Crippen LogP contribution is -2.42. The number of hydrogen-bond acceptors (Lipinski definition) is 3. The zero-order valence-corrected chi connectivity index (χ0v) is 17.7. The Morgan fingerprint density at radius 3 is 2.23 bits per heavy atom.